The summed E-state index contributed by atoms with van der Waals surface area (Å²) in [5.74, 6) is 0.646. The van der Waals surface area contributed by atoms with Gasteiger partial charge in [-0.3, -0.25) is 0 Å². The molecule has 8 bridgehead atoms. The van der Waals surface area contributed by atoms with Crippen LogP contribution in [0.15, 0.2) is 145 Å². The van der Waals surface area contributed by atoms with Crippen LogP contribution in [0.25, 0.3) is 22.3 Å². The third kappa shape index (κ3) is 5.52. The average molecular weight is 683 g/mol. The molecule has 0 unspecified atom stereocenters. The van der Waals surface area contributed by atoms with Crippen molar-refractivity contribution in [2.24, 2.45) is 0 Å². The fraction of sp³-hybridized carbons (Fsp3) is 0.0455. The summed E-state index contributed by atoms with van der Waals surface area (Å²) >= 11 is 0. The van der Waals surface area contributed by atoms with E-state index in [9.17, 15) is 20.4 Å². The third-order valence-corrected chi connectivity index (χ3v) is 9.74. The molecule has 8 N–H and O–H groups in total. The highest BCUT2D eigenvalue weighted by molar-refractivity contribution is 5.88. The second-order valence-electron chi connectivity index (χ2n) is 13.1. The molecule has 2 aliphatic heterocycles. The molecular weight excluding hydrogens is 649 g/mol. The first-order valence-corrected chi connectivity index (χ1v) is 17.1. The minimum Gasteiger partial charge on any atom is -0.508 e. The number of fused-ring (bicyclic) bond motifs is 8. The zero-order valence-electron chi connectivity index (χ0n) is 27.9. The molecule has 254 valence electrons. The van der Waals surface area contributed by atoms with Gasteiger partial charge < -0.3 is 40.7 Å². The van der Waals surface area contributed by atoms with Gasteiger partial charge >= 0.3 is 0 Å². The number of phenols is 4. The van der Waals surface area contributed by atoms with Gasteiger partial charge in [0.15, 0.2) is 0 Å². The third-order valence-electron chi connectivity index (χ3n) is 9.74. The molecule has 1 saturated heterocycles. The zero-order chi connectivity index (χ0) is 35.3. The Labute approximate surface area is 298 Å². The van der Waals surface area contributed by atoms with E-state index >= 15 is 0 Å². The molecule has 0 aliphatic carbocycles. The van der Waals surface area contributed by atoms with Gasteiger partial charge in [-0.1, -0.05) is 48.5 Å². The number of hydrogen-bond acceptors (Lipinski definition) is 5. The van der Waals surface area contributed by atoms with Gasteiger partial charge in [0.2, 0.25) is 0 Å². The molecule has 5 heterocycles. The molecule has 8 heteroatoms. The Morgan fingerprint density at radius 3 is 1.02 bits per heavy atom. The quantitative estimate of drug-likeness (QED) is 0.102. The normalized spacial score (nSPS) is 14.2. The lowest BCUT2D eigenvalue weighted by atomic mass is 9.98. The van der Waals surface area contributed by atoms with E-state index in [-0.39, 0.29) is 23.0 Å². The van der Waals surface area contributed by atoms with Gasteiger partial charge in [0, 0.05) is 67.2 Å². The number of aromatic amines is 3. The predicted molar refractivity (Wildman–Crippen MR) is 202 cm³/mol. The van der Waals surface area contributed by atoms with Crippen LogP contribution in [-0.2, 0) is 0 Å². The highest BCUT2D eigenvalue weighted by Crippen LogP contribution is 2.39. The predicted octanol–water partition coefficient (Wildman–Crippen LogP) is 6.90. The standard InChI is InChI=1S/C44H34N4O4/c49-29-9-1-5-25(21-29)41-33-13-15-35(45-33)42(26-6-2-10-30(50)22-26)37-17-19-39(47-37)44(28-8-4-12-32(52)24-28)40-20-18-38(48-40)43(36-16-14-34(41)46-36)27-7-3-11-31(51)23-27/h1-17,19,21-24,45-52H,18,20H2. The van der Waals surface area contributed by atoms with Crippen LogP contribution in [0, 0.1) is 0 Å². The minimum absolute atomic E-state index is 0.154. The van der Waals surface area contributed by atoms with Crippen LogP contribution < -0.4 is 16.0 Å². The molecule has 0 atom stereocenters. The molecular formula is C44H34N4O4. The van der Waals surface area contributed by atoms with Crippen LogP contribution in [-0.4, -0.2) is 35.4 Å². The van der Waals surface area contributed by atoms with Crippen molar-refractivity contribution in [2.45, 2.75) is 12.8 Å². The number of rotatable bonds is 4. The van der Waals surface area contributed by atoms with Crippen molar-refractivity contribution in [3.8, 4) is 23.0 Å². The maximum atomic E-state index is 10.6. The summed E-state index contributed by atoms with van der Waals surface area (Å²) in [6.45, 7) is 0. The van der Waals surface area contributed by atoms with Crippen molar-refractivity contribution >= 4 is 22.3 Å². The number of aromatic hydroxyl groups is 4. The molecule has 1 fully saturated rings. The highest BCUT2D eigenvalue weighted by atomic mass is 16.3. The SMILES string of the molecule is Oc1cccc(C2=C3CCC(=C(c4cccc(O)c4)c4ccc([nH]4)C(c4cccc(O)c4)=c4ccc([nH]4)=C(c4cccc(O)c4)c4ccc2[nH]4)N3)c1. The maximum Gasteiger partial charge on any atom is 0.116 e. The second-order valence-corrected chi connectivity index (χ2v) is 13.1. The smallest absolute Gasteiger partial charge is 0.116 e. The van der Waals surface area contributed by atoms with Crippen LogP contribution in [0.4, 0.5) is 0 Å². The molecule has 0 radical (unpaired) electrons. The van der Waals surface area contributed by atoms with Gasteiger partial charge in [-0.25, -0.2) is 0 Å². The van der Waals surface area contributed by atoms with E-state index in [4.69, 9.17) is 0 Å². The van der Waals surface area contributed by atoms with Crippen LogP contribution in [0.5, 0.6) is 23.0 Å². The Morgan fingerprint density at radius 2 is 0.673 bits per heavy atom. The average Bonchev–Trinajstić information content (AvgIpc) is 3.96. The first-order chi connectivity index (χ1) is 25.4. The van der Waals surface area contributed by atoms with Crippen LogP contribution >= 0.6 is 0 Å². The molecule has 0 amide bonds. The lowest BCUT2D eigenvalue weighted by Gasteiger charge is -2.15. The molecule has 7 aromatic rings. The zero-order valence-corrected chi connectivity index (χ0v) is 27.9. The Morgan fingerprint density at radius 1 is 0.346 bits per heavy atom. The van der Waals surface area contributed by atoms with E-state index < -0.39 is 0 Å². The van der Waals surface area contributed by atoms with E-state index in [0.717, 1.165) is 89.4 Å². The van der Waals surface area contributed by atoms with Crippen molar-refractivity contribution in [3.63, 3.8) is 0 Å². The van der Waals surface area contributed by atoms with Gasteiger partial charge in [-0.05, 0) is 120 Å². The van der Waals surface area contributed by atoms with Crippen molar-refractivity contribution in [1.29, 1.82) is 0 Å². The molecule has 0 spiro atoms. The van der Waals surface area contributed by atoms with E-state index in [2.05, 4.69) is 20.3 Å². The Bertz CT molecular complexity index is 2540. The molecule has 2 aliphatic rings. The Hall–Kier alpha value is -7.06. The molecule has 8 nitrogen and oxygen atoms in total. The Balaban J connectivity index is 1.40. The fourth-order valence-corrected chi connectivity index (χ4v) is 7.53. The summed E-state index contributed by atoms with van der Waals surface area (Å²) < 4.78 is 0. The number of benzene rings is 4. The number of nitrogens with one attached hydrogen (secondary N) is 4. The number of aromatic nitrogens is 3. The van der Waals surface area contributed by atoms with Gasteiger partial charge in [-0.15, -0.1) is 0 Å². The van der Waals surface area contributed by atoms with Crippen LogP contribution in [0.2, 0.25) is 0 Å². The van der Waals surface area contributed by atoms with E-state index in [1.54, 1.807) is 48.5 Å². The summed E-state index contributed by atoms with van der Waals surface area (Å²) in [6, 6.07) is 41.2. The number of hydrogen-bond donors (Lipinski definition) is 8. The largest absolute Gasteiger partial charge is 0.508 e. The molecule has 3 aromatic heterocycles. The topological polar surface area (TPSA) is 140 Å². The van der Waals surface area contributed by atoms with Crippen molar-refractivity contribution in [2.75, 3.05) is 0 Å². The fourth-order valence-electron chi connectivity index (χ4n) is 7.53. The minimum atomic E-state index is 0.154. The lowest BCUT2D eigenvalue weighted by molar-refractivity contribution is 0.474. The van der Waals surface area contributed by atoms with E-state index in [1.807, 2.05) is 84.9 Å². The number of phenolic OH excluding ortho intramolecular Hbond substituents is 4. The molecule has 9 rings (SSSR count). The monoisotopic (exact) mass is 682 g/mol. The van der Waals surface area contributed by atoms with Gasteiger partial charge in [0.25, 0.3) is 0 Å². The highest BCUT2D eigenvalue weighted by Gasteiger charge is 2.26. The molecule has 52 heavy (non-hydrogen) atoms. The van der Waals surface area contributed by atoms with Gasteiger partial charge in [0.05, 0.1) is 0 Å². The van der Waals surface area contributed by atoms with Crippen molar-refractivity contribution in [3.05, 3.63) is 201 Å². The summed E-state index contributed by atoms with van der Waals surface area (Å²) in [5.41, 5.74) is 12.2. The summed E-state index contributed by atoms with van der Waals surface area (Å²) in [7, 11) is 0. The first-order valence-electron chi connectivity index (χ1n) is 17.1. The van der Waals surface area contributed by atoms with Crippen LogP contribution in [0.1, 0.15) is 57.9 Å². The summed E-state index contributed by atoms with van der Waals surface area (Å²) in [6.07, 6.45) is 1.40. The summed E-state index contributed by atoms with van der Waals surface area (Å²) in [5, 5.41) is 47.8. The maximum absolute atomic E-state index is 10.6. The van der Waals surface area contributed by atoms with Crippen LogP contribution in [0.3, 0.4) is 0 Å². The second kappa shape index (κ2) is 12.4. The van der Waals surface area contributed by atoms with Gasteiger partial charge in [0.1, 0.15) is 23.0 Å². The van der Waals surface area contributed by atoms with Crippen molar-refractivity contribution < 1.29 is 20.4 Å². The number of allylic oxidation sites excluding steroid dienone is 2. The lowest BCUT2D eigenvalue weighted by Crippen LogP contribution is -2.17. The van der Waals surface area contributed by atoms with Crippen molar-refractivity contribution in [1.82, 2.24) is 20.3 Å². The van der Waals surface area contributed by atoms with E-state index in [1.165, 1.54) is 0 Å². The Kier molecular flexibility index (Phi) is 7.36. The molecule has 4 aromatic carbocycles. The summed E-state index contributed by atoms with van der Waals surface area (Å²) in [4.78, 5) is 11.1. The first kappa shape index (κ1) is 31.0. The number of H-pyrrole nitrogens is 3. The van der Waals surface area contributed by atoms with E-state index in [0.29, 0.717) is 12.8 Å². The molecule has 0 saturated carbocycles. The van der Waals surface area contributed by atoms with Gasteiger partial charge in [-0.2, -0.15) is 0 Å².